The summed E-state index contributed by atoms with van der Waals surface area (Å²) in [5, 5.41) is 0.0952. The van der Waals surface area contributed by atoms with Crippen LogP contribution in [0.2, 0.25) is 0 Å². The topological polar surface area (TPSA) is 52.3 Å². The van der Waals surface area contributed by atoms with E-state index in [1.54, 1.807) is 0 Å². The molecule has 1 saturated heterocycles. The van der Waals surface area contributed by atoms with Crippen molar-refractivity contribution in [2.24, 2.45) is 0 Å². The van der Waals surface area contributed by atoms with E-state index in [1.165, 1.54) is 0 Å². The fourth-order valence-corrected chi connectivity index (χ4v) is 3.44. The first-order valence-corrected chi connectivity index (χ1v) is 6.74. The van der Waals surface area contributed by atoms with Crippen molar-refractivity contribution in [1.29, 1.82) is 0 Å². The molecular formula is C12H17NO2S. The molecule has 1 heterocycles. The second kappa shape index (κ2) is 4.97. The van der Waals surface area contributed by atoms with E-state index in [2.05, 4.69) is 0 Å². The summed E-state index contributed by atoms with van der Waals surface area (Å²) in [5.41, 5.74) is 7.57. The number of hydrogen-bond donors (Lipinski definition) is 1. The lowest BCUT2D eigenvalue weighted by Gasteiger charge is -2.22. The first-order chi connectivity index (χ1) is 7.68. The van der Waals surface area contributed by atoms with E-state index >= 15 is 0 Å². The van der Waals surface area contributed by atoms with Gasteiger partial charge in [-0.2, -0.15) is 0 Å². The summed E-state index contributed by atoms with van der Waals surface area (Å²) in [6, 6.07) is 5.68. The zero-order valence-electron chi connectivity index (χ0n) is 9.44. The van der Waals surface area contributed by atoms with Gasteiger partial charge in [0.15, 0.2) is 0 Å². The highest BCUT2D eigenvalue weighted by Crippen LogP contribution is 2.24. The first kappa shape index (κ1) is 11.6. The molecule has 1 aromatic carbocycles. The van der Waals surface area contributed by atoms with Crippen LogP contribution in [0.25, 0.3) is 0 Å². The summed E-state index contributed by atoms with van der Waals surface area (Å²) < 4.78 is 17.7. The maximum absolute atomic E-state index is 12.3. The number of anilines is 1. The molecule has 1 aliphatic rings. The van der Waals surface area contributed by atoms with E-state index in [-0.39, 0.29) is 5.25 Å². The van der Waals surface area contributed by atoms with Crippen molar-refractivity contribution in [2.45, 2.75) is 29.9 Å². The summed E-state index contributed by atoms with van der Waals surface area (Å²) in [6.45, 7) is 3.36. The molecule has 2 unspecified atom stereocenters. The Labute approximate surface area is 98.4 Å². The average Bonchev–Trinajstić information content (AvgIpc) is 2.32. The number of rotatable bonds is 2. The molecule has 0 aromatic heterocycles. The van der Waals surface area contributed by atoms with Crippen LogP contribution in [0.5, 0.6) is 0 Å². The lowest BCUT2D eigenvalue weighted by Crippen LogP contribution is -2.27. The highest BCUT2D eigenvalue weighted by molar-refractivity contribution is 7.85. The van der Waals surface area contributed by atoms with Gasteiger partial charge < -0.3 is 10.5 Å². The van der Waals surface area contributed by atoms with Crippen LogP contribution in [0.3, 0.4) is 0 Å². The van der Waals surface area contributed by atoms with Crippen LogP contribution in [-0.4, -0.2) is 22.7 Å². The van der Waals surface area contributed by atoms with Crippen molar-refractivity contribution in [3.8, 4) is 0 Å². The molecule has 2 rings (SSSR count). The summed E-state index contributed by atoms with van der Waals surface area (Å²) >= 11 is 0. The maximum Gasteiger partial charge on any atom is 0.0630 e. The summed E-state index contributed by atoms with van der Waals surface area (Å²) in [7, 11) is -1.04. The molecule has 16 heavy (non-hydrogen) atoms. The van der Waals surface area contributed by atoms with Crippen molar-refractivity contribution in [3.63, 3.8) is 0 Å². The highest BCUT2D eigenvalue weighted by Gasteiger charge is 2.23. The van der Waals surface area contributed by atoms with Gasteiger partial charge in [0, 0.05) is 12.3 Å². The minimum absolute atomic E-state index is 0.0952. The summed E-state index contributed by atoms with van der Waals surface area (Å²) in [5.74, 6) is 0. The van der Waals surface area contributed by atoms with E-state index in [1.807, 2.05) is 25.1 Å². The molecule has 0 radical (unpaired) electrons. The third kappa shape index (κ3) is 2.44. The van der Waals surface area contributed by atoms with Crippen LogP contribution in [0.4, 0.5) is 5.69 Å². The van der Waals surface area contributed by atoms with Gasteiger partial charge in [0.05, 0.1) is 27.6 Å². The molecule has 4 heteroatoms. The van der Waals surface area contributed by atoms with Gasteiger partial charge in [0.2, 0.25) is 0 Å². The number of nitrogens with two attached hydrogens (primary N) is 1. The highest BCUT2D eigenvalue weighted by atomic mass is 32.2. The number of benzene rings is 1. The minimum Gasteiger partial charge on any atom is -0.398 e. The zero-order valence-corrected chi connectivity index (χ0v) is 10.3. The molecule has 88 valence electrons. The van der Waals surface area contributed by atoms with Crippen LogP contribution < -0.4 is 5.73 Å². The average molecular weight is 239 g/mol. The second-order valence-electron chi connectivity index (χ2n) is 4.18. The predicted molar refractivity (Wildman–Crippen MR) is 65.8 cm³/mol. The van der Waals surface area contributed by atoms with E-state index < -0.39 is 10.8 Å². The number of nitrogen functional groups attached to an aromatic ring is 1. The number of aryl methyl sites for hydroxylation is 1. The Kier molecular flexibility index (Phi) is 3.61. The lowest BCUT2D eigenvalue weighted by molar-refractivity contribution is 0.100. The zero-order chi connectivity index (χ0) is 11.5. The van der Waals surface area contributed by atoms with Crippen molar-refractivity contribution in [3.05, 3.63) is 23.8 Å². The molecular weight excluding hydrogens is 222 g/mol. The Hall–Kier alpha value is -0.870. The van der Waals surface area contributed by atoms with Crippen molar-refractivity contribution in [2.75, 3.05) is 18.9 Å². The van der Waals surface area contributed by atoms with Crippen molar-refractivity contribution >= 4 is 16.5 Å². The van der Waals surface area contributed by atoms with Crippen LogP contribution in [0.1, 0.15) is 18.4 Å². The van der Waals surface area contributed by atoms with Gasteiger partial charge in [0.1, 0.15) is 0 Å². The van der Waals surface area contributed by atoms with Gasteiger partial charge >= 0.3 is 0 Å². The standard InChI is InChI=1S/C12H17NO2S/c1-9-4-5-11(13)12(7-9)16(14)10-3-2-6-15-8-10/h4-5,7,10H,2-3,6,8,13H2,1H3. The molecule has 1 aromatic rings. The Balaban J connectivity index is 2.22. The number of hydrogen-bond acceptors (Lipinski definition) is 3. The third-order valence-corrected chi connectivity index (χ3v) is 4.57. The third-order valence-electron chi connectivity index (χ3n) is 2.81. The molecule has 2 N–H and O–H groups in total. The van der Waals surface area contributed by atoms with Gasteiger partial charge in [-0.25, -0.2) is 0 Å². The molecule has 2 atom stereocenters. The van der Waals surface area contributed by atoms with Crippen LogP contribution in [-0.2, 0) is 15.5 Å². The normalized spacial score (nSPS) is 22.9. The SMILES string of the molecule is Cc1ccc(N)c(S(=O)C2CCCOC2)c1. The van der Waals surface area contributed by atoms with E-state index in [0.29, 0.717) is 12.3 Å². The van der Waals surface area contributed by atoms with Crippen molar-refractivity contribution < 1.29 is 8.95 Å². The Morgan fingerprint density at radius 1 is 1.50 bits per heavy atom. The van der Waals surface area contributed by atoms with Gasteiger partial charge in [-0.3, -0.25) is 4.21 Å². The Bertz CT molecular complexity index is 400. The van der Waals surface area contributed by atoms with Crippen molar-refractivity contribution in [1.82, 2.24) is 0 Å². The molecule has 0 aliphatic carbocycles. The molecule has 3 nitrogen and oxygen atoms in total. The van der Waals surface area contributed by atoms with Gasteiger partial charge in [-0.15, -0.1) is 0 Å². The molecule has 0 amide bonds. The summed E-state index contributed by atoms with van der Waals surface area (Å²) in [6.07, 6.45) is 1.95. The minimum atomic E-state index is -1.04. The Morgan fingerprint density at radius 3 is 3.00 bits per heavy atom. The van der Waals surface area contributed by atoms with Crippen LogP contribution >= 0.6 is 0 Å². The number of ether oxygens (including phenoxy) is 1. The van der Waals surface area contributed by atoms with Crippen LogP contribution in [0, 0.1) is 6.92 Å². The largest absolute Gasteiger partial charge is 0.398 e. The lowest BCUT2D eigenvalue weighted by atomic mass is 10.2. The fraction of sp³-hybridized carbons (Fsp3) is 0.500. The molecule has 1 fully saturated rings. The molecule has 0 spiro atoms. The summed E-state index contributed by atoms with van der Waals surface area (Å²) in [4.78, 5) is 0.760. The van der Waals surface area contributed by atoms with Gasteiger partial charge in [-0.1, -0.05) is 6.07 Å². The molecule has 0 saturated carbocycles. The smallest absolute Gasteiger partial charge is 0.0630 e. The van der Waals surface area contributed by atoms with E-state index in [9.17, 15) is 4.21 Å². The monoisotopic (exact) mass is 239 g/mol. The molecule has 1 aliphatic heterocycles. The van der Waals surface area contributed by atoms with Gasteiger partial charge in [0.25, 0.3) is 0 Å². The maximum atomic E-state index is 12.3. The van der Waals surface area contributed by atoms with Gasteiger partial charge in [-0.05, 0) is 37.5 Å². The fourth-order valence-electron chi connectivity index (χ4n) is 1.88. The van der Waals surface area contributed by atoms with Crippen LogP contribution in [0.15, 0.2) is 23.1 Å². The van der Waals surface area contributed by atoms with E-state index in [0.717, 1.165) is 29.9 Å². The predicted octanol–water partition coefficient (Wildman–Crippen LogP) is 1.86. The Morgan fingerprint density at radius 2 is 2.31 bits per heavy atom. The molecule has 0 bridgehead atoms. The van der Waals surface area contributed by atoms with E-state index in [4.69, 9.17) is 10.5 Å². The second-order valence-corrected chi connectivity index (χ2v) is 5.88. The quantitative estimate of drug-likeness (QED) is 0.801. The first-order valence-electron chi connectivity index (χ1n) is 5.53.